The normalized spacial score (nSPS) is 16.7. The molecule has 1 aliphatic carbocycles. The minimum Gasteiger partial charge on any atom is -0.300 e. The average molecular weight is 275 g/mol. The molecule has 0 aromatic heterocycles. The van der Waals surface area contributed by atoms with E-state index >= 15 is 0 Å². The molecule has 0 aliphatic heterocycles. The van der Waals surface area contributed by atoms with Gasteiger partial charge in [-0.3, -0.25) is 0 Å². The molecule has 0 amide bonds. The number of aliphatic imine (C=N–C) groups is 1. The Morgan fingerprint density at radius 1 is 1.50 bits per heavy atom. The summed E-state index contributed by atoms with van der Waals surface area (Å²) >= 11 is 0. The smallest absolute Gasteiger partial charge is 0.300 e. The van der Waals surface area contributed by atoms with E-state index in [2.05, 4.69) is 55.9 Å². The van der Waals surface area contributed by atoms with Gasteiger partial charge in [-0.15, -0.1) is 11.6 Å². The molecule has 0 fully saturated rings. The molecule has 0 unspecified atom stereocenters. The largest absolute Gasteiger partial charge is 1.00 e. The van der Waals surface area contributed by atoms with E-state index in [1.807, 2.05) is 0 Å². The summed E-state index contributed by atoms with van der Waals surface area (Å²) in [6.07, 6.45) is 10.6. The van der Waals surface area contributed by atoms with Crippen LogP contribution in [-0.4, -0.2) is 13.3 Å². The summed E-state index contributed by atoms with van der Waals surface area (Å²) in [5.74, 6) is 1.74. The molecule has 1 radical (unpaired) electrons. The summed E-state index contributed by atoms with van der Waals surface area (Å²) in [6, 6.07) is 0. The van der Waals surface area contributed by atoms with Crippen LogP contribution in [0.3, 0.4) is 0 Å². The van der Waals surface area contributed by atoms with Crippen LogP contribution < -0.4 is 0 Å². The molecular formula is C12H16NRu. The molecular weight excluding hydrogens is 259 g/mol. The molecule has 1 atom stereocenters. The average Bonchev–Trinajstić information content (AvgIpc) is 2.30. The molecule has 0 bridgehead atoms. The van der Waals surface area contributed by atoms with Crippen molar-refractivity contribution in [2.24, 2.45) is 10.9 Å². The number of allylic oxidation sites excluding steroid dienone is 5. The van der Waals surface area contributed by atoms with Gasteiger partial charge in [-0.2, -0.15) is 30.2 Å². The maximum absolute atomic E-state index is 3.90. The minimum atomic E-state index is 0. The fraction of sp³-hybridized carbons (Fsp3) is 0.333. The van der Waals surface area contributed by atoms with Gasteiger partial charge < -0.3 is 4.99 Å². The SMILES string of the molecule is C=NC[C@@H](C)C1=CC=C[C-](C)C=C1.[Ru+]. The van der Waals surface area contributed by atoms with Crippen molar-refractivity contribution in [2.75, 3.05) is 6.54 Å². The zero-order valence-corrected chi connectivity index (χ0v) is 10.4. The van der Waals surface area contributed by atoms with Crippen LogP contribution >= 0.6 is 0 Å². The Labute approximate surface area is 99.5 Å². The van der Waals surface area contributed by atoms with Gasteiger partial charge in [0, 0.05) is 6.54 Å². The Kier molecular flexibility index (Phi) is 6.48. The first-order valence-corrected chi connectivity index (χ1v) is 4.56. The summed E-state index contributed by atoms with van der Waals surface area (Å²) in [6.45, 7) is 8.57. The molecule has 0 spiro atoms. The van der Waals surface area contributed by atoms with Gasteiger partial charge in [0.15, 0.2) is 0 Å². The van der Waals surface area contributed by atoms with Gasteiger partial charge in [0.05, 0.1) is 0 Å². The van der Waals surface area contributed by atoms with Crippen LogP contribution in [0.15, 0.2) is 40.9 Å². The van der Waals surface area contributed by atoms with Crippen molar-refractivity contribution in [3.05, 3.63) is 41.9 Å². The van der Waals surface area contributed by atoms with Crippen LogP contribution in [0.1, 0.15) is 13.8 Å². The van der Waals surface area contributed by atoms with Crippen molar-refractivity contribution in [1.29, 1.82) is 0 Å². The van der Waals surface area contributed by atoms with E-state index in [9.17, 15) is 0 Å². The molecule has 0 aromatic carbocycles. The summed E-state index contributed by atoms with van der Waals surface area (Å²) in [5, 5.41) is 0. The van der Waals surface area contributed by atoms with Crippen molar-refractivity contribution in [3.8, 4) is 0 Å². The van der Waals surface area contributed by atoms with Crippen LogP contribution in [-0.2, 0) is 19.5 Å². The maximum atomic E-state index is 3.90. The second-order valence-electron chi connectivity index (χ2n) is 3.41. The molecule has 77 valence electrons. The van der Waals surface area contributed by atoms with E-state index in [0.717, 1.165) is 6.54 Å². The molecule has 0 saturated heterocycles. The van der Waals surface area contributed by atoms with E-state index in [0.29, 0.717) is 5.92 Å². The maximum Gasteiger partial charge on any atom is 1.00 e. The van der Waals surface area contributed by atoms with E-state index in [1.54, 1.807) is 0 Å². The third-order valence-electron chi connectivity index (χ3n) is 2.16. The fourth-order valence-corrected chi connectivity index (χ4v) is 1.28. The number of nitrogens with zero attached hydrogens (tertiary/aromatic N) is 1. The van der Waals surface area contributed by atoms with Crippen LogP contribution in [0, 0.1) is 11.8 Å². The van der Waals surface area contributed by atoms with E-state index in [1.165, 1.54) is 11.5 Å². The van der Waals surface area contributed by atoms with Crippen molar-refractivity contribution in [3.63, 3.8) is 0 Å². The predicted molar refractivity (Wildman–Crippen MR) is 58.9 cm³/mol. The second kappa shape index (κ2) is 6.78. The van der Waals surface area contributed by atoms with Gasteiger partial charge in [-0.1, -0.05) is 13.8 Å². The summed E-state index contributed by atoms with van der Waals surface area (Å²) in [4.78, 5) is 3.90. The van der Waals surface area contributed by atoms with E-state index < -0.39 is 0 Å². The first kappa shape index (κ1) is 13.4. The third-order valence-corrected chi connectivity index (χ3v) is 2.16. The zero-order chi connectivity index (χ0) is 9.68. The van der Waals surface area contributed by atoms with Crippen LogP contribution in [0.5, 0.6) is 0 Å². The molecule has 0 saturated carbocycles. The first-order chi connectivity index (χ1) is 6.24. The Morgan fingerprint density at radius 3 is 2.86 bits per heavy atom. The topological polar surface area (TPSA) is 12.4 Å². The standard InChI is InChI=1S/C12H16N.Ru/c1-10-5-4-6-12(8-7-10)11(2)9-13-3;/h4-8,11H,3,9H2,1-2H3;/q-1;+1/t11-;/m1./s1. The zero-order valence-electron chi connectivity index (χ0n) is 8.68. The summed E-state index contributed by atoms with van der Waals surface area (Å²) < 4.78 is 0. The number of rotatable bonds is 3. The summed E-state index contributed by atoms with van der Waals surface area (Å²) in [5.41, 5.74) is 1.32. The predicted octanol–water partition coefficient (Wildman–Crippen LogP) is 2.97. The molecule has 1 aliphatic rings. The fourth-order valence-electron chi connectivity index (χ4n) is 1.28. The van der Waals surface area contributed by atoms with Crippen molar-refractivity contribution in [2.45, 2.75) is 13.8 Å². The quantitative estimate of drug-likeness (QED) is 0.426. The molecule has 1 nitrogen and oxygen atoms in total. The van der Waals surface area contributed by atoms with Gasteiger partial charge in [0.2, 0.25) is 0 Å². The minimum absolute atomic E-state index is 0. The third kappa shape index (κ3) is 4.06. The Morgan fingerprint density at radius 2 is 2.21 bits per heavy atom. The molecule has 0 heterocycles. The number of hydrogen-bond acceptors (Lipinski definition) is 1. The van der Waals surface area contributed by atoms with Gasteiger partial charge in [0.25, 0.3) is 0 Å². The Bertz CT molecular complexity index is 263. The van der Waals surface area contributed by atoms with Gasteiger partial charge in [-0.25, -0.2) is 0 Å². The van der Waals surface area contributed by atoms with Crippen molar-refractivity contribution >= 4 is 6.72 Å². The summed E-state index contributed by atoms with van der Waals surface area (Å²) in [7, 11) is 0. The van der Waals surface area contributed by atoms with Crippen molar-refractivity contribution < 1.29 is 19.5 Å². The monoisotopic (exact) mass is 276 g/mol. The van der Waals surface area contributed by atoms with Gasteiger partial charge in [0.1, 0.15) is 0 Å². The molecule has 1 rings (SSSR count). The van der Waals surface area contributed by atoms with Crippen molar-refractivity contribution in [1.82, 2.24) is 0 Å². The van der Waals surface area contributed by atoms with Gasteiger partial charge >= 0.3 is 19.5 Å². The molecule has 14 heavy (non-hydrogen) atoms. The molecule has 0 N–H and O–H groups in total. The first-order valence-electron chi connectivity index (χ1n) is 4.56. The Hall–Kier alpha value is -0.617. The van der Waals surface area contributed by atoms with Crippen LogP contribution in [0.2, 0.25) is 0 Å². The van der Waals surface area contributed by atoms with Gasteiger partial charge in [-0.05, 0) is 12.6 Å². The second-order valence-corrected chi connectivity index (χ2v) is 3.41. The van der Waals surface area contributed by atoms with E-state index in [-0.39, 0.29) is 19.5 Å². The Balaban J connectivity index is 0.00000169. The molecule has 2 heteroatoms. The number of hydrogen-bond donors (Lipinski definition) is 0. The van der Waals surface area contributed by atoms with Crippen LogP contribution in [0.25, 0.3) is 0 Å². The molecule has 0 aromatic rings. The van der Waals surface area contributed by atoms with Crippen LogP contribution in [0.4, 0.5) is 0 Å². The van der Waals surface area contributed by atoms with E-state index in [4.69, 9.17) is 0 Å².